The Morgan fingerprint density at radius 1 is 1.15 bits per heavy atom. The van der Waals surface area contributed by atoms with Crippen molar-refractivity contribution in [2.24, 2.45) is 0 Å². The Hall–Kier alpha value is -3.48. The molecule has 1 aliphatic rings. The molecule has 0 bridgehead atoms. The second-order valence-corrected chi connectivity index (χ2v) is 11.0. The number of rotatable bonds is 6. The normalized spacial score (nSPS) is 15.0. The van der Waals surface area contributed by atoms with E-state index in [9.17, 15) is 23.3 Å². The molecule has 0 spiro atoms. The molecule has 3 rings (SSSR count). The lowest BCUT2D eigenvalue weighted by Gasteiger charge is -2.33. The van der Waals surface area contributed by atoms with Crippen LogP contribution in [0, 0.1) is 10.1 Å². The molecule has 2 N–H and O–H groups in total. The molecule has 12 nitrogen and oxygen atoms in total. The maximum atomic E-state index is 12.2. The molecule has 0 saturated carbocycles. The Kier molecular flexibility index (Phi) is 7.24. The van der Waals surface area contributed by atoms with E-state index < -0.39 is 20.4 Å². The van der Waals surface area contributed by atoms with Crippen LogP contribution < -0.4 is 10.6 Å². The third-order valence-corrected chi connectivity index (χ3v) is 6.17. The zero-order chi connectivity index (χ0) is 25.1. The second-order valence-electron chi connectivity index (χ2n) is 8.98. The Labute approximate surface area is 197 Å². The summed E-state index contributed by atoms with van der Waals surface area (Å²) in [5.74, 6) is 0.0340. The van der Waals surface area contributed by atoms with Gasteiger partial charge in [-0.2, -0.15) is 0 Å². The standard InChI is InChI=1S/C21H28N6O6S/c1-21(2,3)33-20(28)26-11-9-15(10-12-26)25-19-17(27(29)30)18(22-13-23-19)24-14-5-7-16(8-6-14)34(4,31)32/h5-8,13,15H,9-12H2,1-4H3,(H2,22,23,24,25). The first-order chi connectivity index (χ1) is 15.8. The largest absolute Gasteiger partial charge is 0.444 e. The minimum Gasteiger partial charge on any atom is -0.444 e. The summed E-state index contributed by atoms with van der Waals surface area (Å²) in [6, 6.07) is 5.68. The van der Waals surface area contributed by atoms with E-state index >= 15 is 0 Å². The summed E-state index contributed by atoms with van der Waals surface area (Å²) >= 11 is 0. The lowest BCUT2D eigenvalue weighted by atomic mass is 10.1. The van der Waals surface area contributed by atoms with Crippen LogP contribution in [-0.4, -0.2) is 65.3 Å². The molecule has 0 atom stereocenters. The maximum absolute atomic E-state index is 12.2. The fraction of sp³-hybridized carbons (Fsp3) is 0.476. The van der Waals surface area contributed by atoms with Gasteiger partial charge < -0.3 is 20.3 Å². The van der Waals surface area contributed by atoms with E-state index in [0.29, 0.717) is 31.6 Å². The molecule has 1 aliphatic heterocycles. The van der Waals surface area contributed by atoms with Gasteiger partial charge in [0.05, 0.1) is 9.82 Å². The van der Waals surface area contributed by atoms with Crippen LogP contribution in [0.15, 0.2) is 35.5 Å². The molecule has 1 saturated heterocycles. The van der Waals surface area contributed by atoms with Crippen molar-refractivity contribution in [3.05, 3.63) is 40.7 Å². The van der Waals surface area contributed by atoms with Crippen LogP contribution in [0.2, 0.25) is 0 Å². The van der Waals surface area contributed by atoms with Crippen LogP contribution in [0.1, 0.15) is 33.6 Å². The number of hydrogen-bond acceptors (Lipinski definition) is 10. The number of ether oxygens (including phenoxy) is 1. The maximum Gasteiger partial charge on any atom is 0.410 e. The smallest absolute Gasteiger partial charge is 0.410 e. The van der Waals surface area contributed by atoms with Crippen LogP contribution in [0.4, 0.5) is 27.8 Å². The number of nitrogens with zero attached hydrogens (tertiary/aromatic N) is 4. The van der Waals surface area contributed by atoms with E-state index in [1.165, 1.54) is 30.6 Å². The van der Waals surface area contributed by atoms with Crippen molar-refractivity contribution in [3.8, 4) is 0 Å². The number of carbonyl (C=O) groups is 1. The van der Waals surface area contributed by atoms with Gasteiger partial charge in [0.2, 0.25) is 11.6 Å². The van der Waals surface area contributed by atoms with Crippen molar-refractivity contribution in [1.82, 2.24) is 14.9 Å². The van der Waals surface area contributed by atoms with Gasteiger partial charge in [0.15, 0.2) is 9.84 Å². The molecular formula is C21H28N6O6S. The highest BCUT2D eigenvalue weighted by Gasteiger charge is 2.30. The molecule has 0 aliphatic carbocycles. The average Bonchev–Trinajstić information content (AvgIpc) is 2.72. The molecule has 0 radical (unpaired) electrons. The summed E-state index contributed by atoms with van der Waals surface area (Å²) in [5.41, 5.74) is -0.475. The van der Waals surface area contributed by atoms with Crippen LogP contribution in [0.5, 0.6) is 0 Å². The summed E-state index contributed by atoms with van der Waals surface area (Å²) in [5, 5.41) is 17.8. The number of piperidine rings is 1. The molecular weight excluding hydrogens is 464 g/mol. The first kappa shape index (κ1) is 25.1. The molecule has 1 amide bonds. The highest BCUT2D eigenvalue weighted by atomic mass is 32.2. The van der Waals surface area contributed by atoms with Crippen molar-refractivity contribution in [3.63, 3.8) is 0 Å². The first-order valence-corrected chi connectivity index (χ1v) is 12.5. The summed E-state index contributed by atoms with van der Waals surface area (Å²) in [7, 11) is -3.36. The van der Waals surface area contributed by atoms with Gasteiger partial charge in [-0.25, -0.2) is 23.2 Å². The van der Waals surface area contributed by atoms with E-state index in [4.69, 9.17) is 4.74 Å². The zero-order valence-corrected chi connectivity index (χ0v) is 20.3. The Morgan fingerprint density at radius 2 is 1.74 bits per heavy atom. The predicted molar refractivity (Wildman–Crippen MR) is 126 cm³/mol. The lowest BCUT2D eigenvalue weighted by molar-refractivity contribution is -0.383. The highest BCUT2D eigenvalue weighted by molar-refractivity contribution is 7.90. The van der Waals surface area contributed by atoms with E-state index in [0.717, 1.165) is 6.26 Å². The van der Waals surface area contributed by atoms with E-state index in [1.54, 1.807) is 25.7 Å². The van der Waals surface area contributed by atoms with Crippen LogP contribution >= 0.6 is 0 Å². The van der Waals surface area contributed by atoms with Crippen molar-refractivity contribution in [2.45, 2.75) is 50.2 Å². The van der Waals surface area contributed by atoms with Gasteiger partial charge in [0, 0.05) is 31.1 Å². The highest BCUT2D eigenvalue weighted by Crippen LogP contribution is 2.32. The second kappa shape index (κ2) is 9.79. The van der Waals surface area contributed by atoms with Gasteiger partial charge >= 0.3 is 11.8 Å². The molecule has 1 aromatic heterocycles. The van der Waals surface area contributed by atoms with Gasteiger partial charge in [0.1, 0.15) is 11.9 Å². The third kappa shape index (κ3) is 6.53. The number of aromatic nitrogens is 2. The Bertz CT molecular complexity index is 1160. The van der Waals surface area contributed by atoms with Crippen LogP contribution in [0.3, 0.4) is 0 Å². The van der Waals surface area contributed by atoms with Gasteiger partial charge in [0.25, 0.3) is 0 Å². The number of nitrogens with one attached hydrogen (secondary N) is 2. The number of likely N-dealkylation sites (tertiary alicyclic amines) is 1. The first-order valence-electron chi connectivity index (χ1n) is 10.6. The SMILES string of the molecule is CC(C)(C)OC(=O)N1CCC(Nc2ncnc(Nc3ccc(S(C)(=O)=O)cc3)c2[N+](=O)[O-])CC1. The molecule has 0 unspecified atom stereocenters. The number of amides is 1. The van der Waals surface area contributed by atoms with Gasteiger partial charge in [-0.1, -0.05) is 0 Å². The fourth-order valence-corrected chi connectivity index (χ4v) is 4.03. The average molecular weight is 493 g/mol. The number of anilines is 3. The van der Waals surface area contributed by atoms with Gasteiger partial charge in [-0.15, -0.1) is 0 Å². The summed E-state index contributed by atoms with van der Waals surface area (Å²) in [6.45, 7) is 6.31. The van der Waals surface area contributed by atoms with E-state index in [2.05, 4.69) is 20.6 Å². The number of nitro groups is 1. The van der Waals surface area contributed by atoms with E-state index in [1.807, 2.05) is 0 Å². The monoisotopic (exact) mass is 492 g/mol. The van der Waals surface area contributed by atoms with Gasteiger partial charge in [-0.3, -0.25) is 10.1 Å². The van der Waals surface area contributed by atoms with E-state index in [-0.39, 0.29) is 34.4 Å². The van der Waals surface area contributed by atoms with Crippen molar-refractivity contribution < 1.29 is 22.9 Å². The summed E-state index contributed by atoms with van der Waals surface area (Å²) < 4.78 is 28.7. The molecule has 2 heterocycles. The van der Waals surface area contributed by atoms with Crippen molar-refractivity contribution in [1.29, 1.82) is 0 Å². The minimum absolute atomic E-state index is 0.0270. The molecule has 2 aromatic rings. The number of sulfone groups is 1. The number of benzene rings is 1. The summed E-state index contributed by atoms with van der Waals surface area (Å²) in [6.07, 6.45) is 3.05. The van der Waals surface area contributed by atoms with Crippen molar-refractivity contribution >= 4 is 38.9 Å². The van der Waals surface area contributed by atoms with Crippen LogP contribution in [-0.2, 0) is 14.6 Å². The molecule has 34 heavy (non-hydrogen) atoms. The topological polar surface area (TPSA) is 157 Å². The summed E-state index contributed by atoms with van der Waals surface area (Å²) in [4.78, 5) is 33.3. The van der Waals surface area contributed by atoms with Crippen LogP contribution in [0.25, 0.3) is 0 Å². The zero-order valence-electron chi connectivity index (χ0n) is 19.4. The van der Waals surface area contributed by atoms with Crippen molar-refractivity contribution in [2.75, 3.05) is 30.0 Å². The number of carbonyl (C=O) groups excluding carboxylic acids is 1. The number of hydrogen-bond donors (Lipinski definition) is 2. The molecule has 1 fully saturated rings. The predicted octanol–water partition coefficient (Wildman–Crippen LogP) is 3.34. The lowest BCUT2D eigenvalue weighted by Crippen LogP contribution is -2.44. The Morgan fingerprint density at radius 3 is 2.26 bits per heavy atom. The quantitative estimate of drug-likeness (QED) is 0.453. The molecule has 184 valence electrons. The van der Waals surface area contributed by atoms with Gasteiger partial charge in [-0.05, 0) is 57.9 Å². The molecule has 1 aromatic carbocycles. The third-order valence-electron chi connectivity index (χ3n) is 5.04. The Balaban J connectivity index is 1.71. The molecule has 13 heteroatoms. The minimum atomic E-state index is -3.36. The fourth-order valence-electron chi connectivity index (χ4n) is 3.40.